The van der Waals surface area contributed by atoms with Crippen molar-refractivity contribution in [3.8, 4) is 0 Å². The van der Waals surface area contributed by atoms with E-state index in [1.54, 1.807) is 6.92 Å². The van der Waals surface area contributed by atoms with E-state index in [2.05, 4.69) is 29.0 Å². The third-order valence-corrected chi connectivity index (χ3v) is 5.53. The Balaban J connectivity index is 2.24. The van der Waals surface area contributed by atoms with Crippen LogP contribution in [-0.4, -0.2) is 21.5 Å². The van der Waals surface area contributed by atoms with Crippen LogP contribution in [0, 0.1) is 0 Å². The summed E-state index contributed by atoms with van der Waals surface area (Å²) in [5.41, 5.74) is 1.03. The minimum atomic E-state index is -1.22. The molecular formula is C20H27NO3S. The summed E-state index contributed by atoms with van der Waals surface area (Å²) in [4.78, 5) is 11.7. The second kappa shape index (κ2) is 8.59. The highest BCUT2D eigenvalue weighted by Gasteiger charge is 2.24. The molecule has 1 N–H and O–H groups in total. The Hall–Kier alpha value is -1.72. The summed E-state index contributed by atoms with van der Waals surface area (Å²) in [6, 6.07) is 14.1. The van der Waals surface area contributed by atoms with Gasteiger partial charge in [0.2, 0.25) is 0 Å². The fraction of sp³-hybridized carbons (Fsp3) is 0.450. The minimum Gasteiger partial charge on any atom is -0.466 e. The van der Waals surface area contributed by atoms with E-state index in [4.69, 9.17) is 4.74 Å². The molecule has 0 saturated heterocycles. The molecule has 5 heteroatoms. The Morgan fingerprint density at radius 1 is 1.16 bits per heavy atom. The molecule has 0 aliphatic rings. The van der Waals surface area contributed by atoms with Crippen LogP contribution in [0.1, 0.15) is 52.1 Å². The van der Waals surface area contributed by atoms with Crippen molar-refractivity contribution in [2.24, 2.45) is 0 Å². The van der Waals surface area contributed by atoms with Gasteiger partial charge in [-0.25, -0.2) is 8.93 Å². The number of fused-ring (bicyclic) bond motifs is 1. The number of hydrogen-bond acceptors (Lipinski definition) is 3. The van der Waals surface area contributed by atoms with Gasteiger partial charge < -0.3 is 4.74 Å². The van der Waals surface area contributed by atoms with Crippen molar-refractivity contribution in [3.05, 3.63) is 48.0 Å². The average Bonchev–Trinajstić information content (AvgIpc) is 2.57. The smallest absolute Gasteiger partial charge is 0.305 e. The Morgan fingerprint density at radius 2 is 1.84 bits per heavy atom. The van der Waals surface area contributed by atoms with E-state index >= 15 is 0 Å². The summed E-state index contributed by atoms with van der Waals surface area (Å²) < 4.78 is 20.4. The molecule has 2 rings (SSSR count). The van der Waals surface area contributed by atoms with Crippen molar-refractivity contribution in [1.29, 1.82) is 0 Å². The van der Waals surface area contributed by atoms with Crippen LogP contribution in [0.4, 0.5) is 0 Å². The average molecular weight is 362 g/mol. The normalized spacial score (nSPS) is 14.2. The van der Waals surface area contributed by atoms with Crippen LogP contribution in [-0.2, 0) is 20.5 Å². The Bertz CT molecular complexity index is 752. The highest BCUT2D eigenvalue weighted by molar-refractivity contribution is 7.84. The number of esters is 1. The van der Waals surface area contributed by atoms with Gasteiger partial charge in [-0.15, -0.1) is 0 Å². The third-order valence-electron chi connectivity index (χ3n) is 3.92. The van der Waals surface area contributed by atoms with Crippen LogP contribution in [0.5, 0.6) is 0 Å². The van der Waals surface area contributed by atoms with Crippen LogP contribution in [0.15, 0.2) is 42.5 Å². The summed E-state index contributed by atoms with van der Waals surface area (Å²) in [5, 5.41) is 2.29. The first-order valence-electron chi connectivity index (χ1n) is 8.63. The van der Waals surface area contributed by atoms with Crippen molar-refractivity contribution in [2.75, 3.05) is 6.61 Å². The molecule has 0 fully saturated rings. The second-order valence-corrected chi connectivity index (χ2v) is 9.00. The predicted molar refractivity (Wildman–Crippen MR) is 104 cm³/mol. The van der Waals surface area contributed by atoms with Crippen molar-refractivity contribution in [2.45, 2.75) is 51.3 Å². The number of rotatable bonds is 7. The molecule has 1 unspecified atom stereocenters. The largest absolute Gasteiger partial charge is 0.466 e. The van der Waals surface area contributed by atoms with Crippen molar-refractivity contribution < 1.29 is 13.7 Å². The lowest BCUT2D eigenvalue weighted by Gasteiger charge is -2.24. The number of carbonyl (C=O) groups excluding carboxylic acids is 1. The summed E-state index contributed by atoms with van der Waals surface area (Å²) in [6.07, 6.45) is 0.832. The van der Waals surface area contributed by atoms with Crippen LogP contribution in [0.25, 0.3) is 10.8 Å². The third kappa shape index (κ3) is 5.65. The monoisotopic (exact) mass is 361 g/mol. The molecule has 0 amide bonds. The molecular weight excluding hydrogens is 334 g/mol. The van der Waals surface area contributed by atoms with Gasteiger partial charge in [-0.05, 0) is 56.5 Å². The Labute approximate surface area is 152 Å². The summed E-state index contributed by atoms with van der Waals surface area (Å²) >= 11 is 0. The molecule has 136 valence electrons. The Morgan fingerprint density at radius 3 is 2.48 bits per heavy atom. The summed E-state index contributed by atoms with van der Waals surface area (Å²) in [5.74, 6) is -0.225. The second-order valence-electron chi connectivity index (χ2n) is 7.00. The van der Waals surface area contributed by atoms with Gasteiger partial charge in [0, 0.05) is 12.5 Å². The quantitative estimate of drug-likeness (QED) is 0.749. The lowest BCUT2D eigenvalue weighted by atomic mass is 9.99. The molecule has 2 aromatic rings. The van der Waals surface area contributed by atoms with Gasteiger partial charge in [-0.1, -0.05) is 36.4 Å². The van der Waals surface area contributed by atoms with Gasteiger partial charge in [-0.3, -0.25) is 4.79 Å². The lowest BCUT2D eigenvalue weighted by molar-refractivity contribution is -0.143. The predicted octanol–water partition coefficient (Wildman–Crippen LogP) is 4.28. The van der Waals surface area contributed by atoms with Gasteiger partial charge in [0.25, 0.3) is 0 Å². The van der Waals surface area contributed by atoms with Crippen molar-refractivity contribution in [3.63, 3.8) is 0 Å². The maximum Gasteiger partial charge on any atom is 0.305 e. The number of hydrogen-bond donors (Lipinski definition) is 1. The maximum atomic E-state index is 12.6. The minimum absolute atomic E-state index is 0.172. The fourth-order valence-corrected chi connectivity index (χ4v) is 3.39. The van der Waals surface area contributed by atoms with Crippen molar-refractivity contribution >= 4 is 27.7 Å². The molecule has 0 radical (unpaired) electrons. The van der Waals surface area contributed by atoms with E-state index < -0.39 is 11.0 Å². The molecule has 0 spiro atoms. The van der Waals surface area contributed by atoms with E-state index in [0.717, 1.165) is 16.3 Å². The SMILES string of the molecule is CCOC(=O)CC[C@@H](NS(=O)C(C)(C)C)c1ccc2ccccc2c1. The molecule has 4 nitrogen and oxygen atoms in total. The van der Waals surface area contributed by atoms with E-state index in [0.29, 0.717) is 19.4 Å². The van der Waals surface area contributed by atoms with Crippen LogP contribution in [0.3, 0.4) is 0 Å². The number of nitrogens with one attached hydrogen (secondary N) is 1. The fourth-order valence-electron chi connectivity index (χ4n) is 2.52. The zero-order valence-electron chi connectivity index (χ0n) is 15.4. The molecule has 2 atom stereocenters. The van der Waals surface area contributed by atoms with Gasteiger partial charge in [0.05, 0.1) is 22.3 Å². The topological polar surface area (TPSA) is 55.4 Å². The molecule has 0 bridgehead atoms. The van der Waals surface area contributed by atoms with E-state index in [1.165, 1.54) is 0 Å². The number of carbonyl (C=O) groups is 1. The van der Waals surface area contributed by atoms with Crippen LogP contribution >= 0.6 is 0 Å². The maximum absolute atomic E-state index is 12.6. The molecule has 2 aromatic carbocycles. The van der Waals surface area contributed by atoms with Gasteiger partial charge in [-0.2, -0.15) is 0 Å². The Kier molecular flexibility index (Phi) is 6.73. The van der Waals surface area contributed by atoms with Crippen LogP contribution in [0.2, 0.25) is 0 Å². The first-order valence-corrected chi connectivity index (χ1v) is 9.78. The standard InChI is InChI=1S/C20H27NO3S/c1-5-24-19(22)13-12-18(21-25(23)20(2,3)4)17-11-10-15-8-6-7-9-16(15)14-17/h6-11,14,18,21H,5,12-13H2,1-4H3/t18-,25?/m1/s1. The van der Waals surface area contributed by atoms with Crippen LogP contribution < -0.4 is 4.72 Å². The van der Waals surface area contributed by atoms with E-state index in [-0.39, 0.29) is 16.8 Å². The highest BCUT2D eigenvalue weighted by atomic mass is 32.2. The van der Waals surface area contributed by atoms with Gasteiger partial charge in [0.15, 0.2) is 0 Å². The number of benzene rings is 2. The first-order chi connectivity index (χ1) is 11.8. The summed E-state index contributed by atoms with van der Waals surface area (Å²) in [6.45, 7) is 7.96. The van der Waals surface area contributed by atoms with E-state index in [1.807, 2.05) is 39.0 Å². The molecule has 0 aliphatic heterocycles. The molecule has 0 aliphatic carbocycles. The van der Waals surface area contributed by atoms with Crippen molar-refractivity contribution in [1.82, 2.24) is 4.72 Å². The van der Waals surface area contributed by atoms with E-state index in [9.17, 15) is 9.00 Å². The first kappa shape index (κ1) is 19.6. The summed E-state index contributed by atoms with van der Waals surface area (Å²) in [7, 11) is -1.22. The lowest BCUT2D eigenvalue weighted by Crippen LogP contribution is -2.36. The van der Waals surface area contributed by atoms with Gasteiger partial charge >= 0.3 is 5.97 Å². The molecule has 0 aromatic heterocycles. The zero-order chi connectivity index (χ0) is 18.4. The highest BCUT2D eigenvalue weighted by Crippen LogP contribution is 2.25. The molecule has 0 saturated carbocycles. The molecule has 0 heterocycles. The molecule has 25 heavy (non-hydrogen) atoms. The number of ether oxygens (including phenoxy) is 1. The van der Waals surface area contributed by atoms with Gasteiger partial charge in [0.1, 0.15) is 0 Å². The zero-order valence-corrected chi connectivity index (χ0v) is 16.2.